The number of aromatic nitrogens is 4. The van der Waals surface area contributed by atoms with Crippen LogP contribution in [0.15, 0.2) is 36.8 Å². The molecule has 0 aromatic carbocycles. The fraction of sp³-hybridized carbons (Fsp3) is 0.182. The van der Waals surface area contributed by atoms with Gasteiger partial charge in [-0.05, 0) is 17.2 Å². The Balaban J connectivity index is 2.11. The molecule has 2 aromatic heterocycles. The van der Waals surface area contributed by atoms with Crippen LogP contribution in [0, 0.1) is 0 Å². The zero-order valence-electron chi connectivity index (χ0n) is 8.98. The first-order chi connectivity index (χ1) is 8.25. The smallest absolute Gasteiger partial charge is 0.197 e. The van der Waals surface area contributed by atoms with E-state index in [1.807, 2.05) is 12.1 Å². The summed E-state index contributed by atoms with van der Waals surface area (Å²) in [5.74, 6) is -1.09. The molecule has 6 nitrogen and oxygen atoms in total. The van der Waals surface area contributed by atoms with Crippen LogP contribution < -0.4 is 9.79 Å². The molecule has 86 valence electrons. The Bertz CT molecular complexity index is 499. The standard InChI is InChI=1S/C11H10N4O2/c16-11(17)4-7-15-6-3-9(8-13-15)10-2-1-5-12-14-10/h1-3,5-6,8H,4,7H2. The fourth-order valence-electron chi connectivity index (χ4n) is 1.33. The largest absolute Gasteiger partial charge is 0.550 e. The molecule has 0 N–H and O–H groups in total. The predicted octanol–water partition coefficient (Wildman–Crippen LogP) is -1.03. The number of aryl methyl sites for hydroxylation is 1. The number of hydrogen-bond donors (Lipinski definition) is 0. The number of carbonyl (C=O) groups excluding carboxylic acids is 1. The number of rotatable bonds is 4. The van der Waals surface area contributed by atoms with Crippen LogP contribution in [0.4, 0.5) is 0 Å². The molecule has 0 bridgehead atoms. The first-order valence-electron chi connectivity index (χ1n) is 5.09. The Morgan fingerprint density at radius 2 is 2.29 bits per heavy atom. The SMILES string of the molecule is O=C([O-])CC[n+]1ccc(-c2cccnn2)cn1. The van der Waals surface area contributed by atoms with Crippen molar-refractivity contribution in [1.82, 2.24) is 15.3 Å². The van der Waals surface area contributed by atoms with E-state index in [1.54, 1.807) is 24.7 Å². The molecule has 0 aliphatic carbocycles. The van der Waals surface area contributed by atoms with Gasteiger partial charge < -0.3 is 9.90 Å². The highest BCUT2D eigenvalue weighted by molar-refractivity contribution is 5.63. The van der Waals surface area contributed by atoms with E-state index in [0.717, 1.165) is 11.3 Å². The van der Waals surface area contributed by atoms with Crippen molar-refractivity contribution in [2.24, 2.45) is 0 Å². The van der Waals surface area contributed by atoms with Crippen molar-refractivity contribution < 1.29 is 14.6 Å². The predicted molar refractivity (Wildman–Crippen MR) is 55.1 cm³/mol. The zero-order valence-corrected chi connectivity index (χ0v) is 8.98. The topological polar surface area (TPSA) is 82.7 Å². The molecule has 0 unspecified atom stereocenters. The Hall–Kier alpha value is -2.37. The molecule has 2 aromatic rings. The summed E-state index contributed by atoms with van der Waals surface area (Å²) in [5, 5.41) is 22.1. The highest BCUT2D eigenvalue weighted by atomic mass is 16.4. The zero-order chi connectivity index (χ0) is 12.1. The van der Waals surface area contributed by atoms with Crippen LogP contribution in [-0.4, -0.2) is 21.3 Å². The summed E-state index contributed by atoms with van der Waals surface area (Å²) in [6, 6.07) is 5.43. The van der Waals surface area contributed by atoms with Crippen LogP contribution in [0.25, 0.3) is 11.3 Å². The van der Waals surface area contributed by atoms with Crippen LogP contribution in [0.5, 0.6) is 0 Å². The van der Waals surface area contributed by atoms with Crippen molar-refractivity contribution in [2.75, 3.05) is 0 Å². The number of nitrogens with zero attached hydrogens (tertiary/aromatic N) is 4. The van der Waals surface area contributed by atoms with Crippen LogP contribution in [0.2, 0.25) is 0 Å². The van der Waals surface area contributed by atoms with Crippen LogP contribution in [0.3, 0.4) is 0 Å². The highest BCUT2D eigenvalue weighted by Gasteiger charge is 2.05. The molecule has 0 atom stereocenters. The summed E-state index contributed by atoms with van der Waals surface area (Å²) in [4.78, 5) is 10.3. The van der Waals surface area contributed by atoms with Gasteiger partial charge in [0, 0.05) is 30.2 Å². The Kier molecular flexibility index (Phi) is 3.34. The van der Waals surface area contributed by atoms with Crippen molar-refractivity contribution >= 4 is 5.97 Å². The molecule has 0 amide bonds. The van der Waals surface area contributed by atoms with Gasteiger partial charge in [0.2, 0.25) is 0 Å². The van der Waals surface area contributed by atoms with Gasteiger partial charge in [-0.25, -0.2) is 0 Å². The summed E-state index contributed by atoms with van der Waals surface area (Å²) < 4.78 is 1.54. The van der Waals surface area contributed by atoms with E-state index in [4.69, 9.17) is 0 Å². The van der Waals surface area contributed by atoms with Gasteiger partial charge in [0.05, 0.1) is 5.69 Å². The third kappa shape index (κ3) is 3.04. The summed E-state index contributed by atoms with van der Waals surface area (Å²) >= 11 is 0. The van der Waals surface area contributed by atoms with Gasteiger partial charge in [-0.15, -0.1) is 0 Å². The third-order valence-corrected chi connectivity index (χ3v) is 2.18. The molecule has 0 spiro atoms. The minimum absolute atomic E-state index is 0.0534. The van der Waals surface area contributed by atoms with Gasteiger partial charge in [0.1, 0.15) is 6.20 Å². The van der Waals surface area contributed by atoms with E-state index >= 15 is 0 Å². The second-order valence-electron chi connectivity index (χ2n) is 3.41. The van der Waals surface area contributed by atoms with Crippen molar-refractivity contribution in [1.29, 1.82) is 0 Å². The first kappa shape index (κ1) is 11.1. The summed E-state index contributed by atoms with van der Waals surface area (Å²) in [6.07, 6.45) is 4.87. The number of aliphatic carboxylic acids is 1. The minimum Gasteiger partial charge on any atom is -0.550 e. The third-order valence-electron chi connectivity index (χ3n) is 2.18. The van der Waals surface area contributed by atoms with Gasteiger partial charge in [0.15, 0.2) is 12.7 Å². The lowest BCUT2D eigenvalue weighted by Gasteiger charge is -1.98. The molecule has 2 heterocycles. The van der Waals surface area contributed by atoms with Crippen LogP contribution >= 0.6 is 0 Å². The molecule has 0 aliphatic rings. The minimum atomic E-state index is -1.09. The average molecular weight is 230 g/mol. The molecule has 0 fully saturated rings. The van der Waals surface area contributed by atoms with Gasteiger partial charge in [0.25, 0.3) is 0 Å². The van der Waals surface area contributed by atoms with E-state index in [9.17, 15) is 9.90 Å². The van der Waals surface area contributed by atoms with E-state index in [-0.39, 0.29) is 6.42 Å². The number of carboxylic acids is 1. The van der Waals surface area contributed by atoms with E-state index in [2.05, 4.69) is 15.3 Å². The second kappa shape index (κ2) is 5.11. The maximum atomic E-state index is 10.3. The fourth-order valence-corrected chi connectivity index (χ4v) is 1.33. The van der Waals surface area contributed by atoms with Gasteiger partial charge >= 0.3 is 0 Å². The lowest BCUT2D eigenvalue weighted by atomic mass is 10.2. The Morgan fingerprint density at radius 3 is 2.88 bits per heavy atom. The lowest BCUT2D eigenvalue weighted by Crippen LogP contribution is -2.40. The van der Waals surface area contributed by atoms with Crippen molar-refractivity contribution in [2.45, 2.75) is 13.0 Å². The quantitative estimate of drug-likeness (QED) is 0.627. The highest BCUT2D eigenvalue weighted by Crippen LogP contribution is 2.11. The molecule has 2 rings (SSSR count). The normalized spacial score (nSPS) is 10.1. The average Bonchev–Trinajstić information content (AvgIpc) is 2.38. The molecular formula is C11H10N4O2. The van der Waals surface area contributed by atoms with Crippen LogP contribution in [0.1, 0.15) is 6.42 Å². The Labute approximate surface area is 97.6 Å². The molecule has 0 aliphatic heterocycles. The molecule has 0 saturated carbocycles. The number of hydrogen-bond acceptors (Lipinski definition) is 5. The number of carboxylic acid groups (broad SMARTS) is 1. The molecule has 0 saturated heterocycles. The number of carbonyl (C=O) groups is 1. The van der Waals surface area contributed by atoms with Crippen molar-refractivity contribution in [3.8, 4) is 11.3 Å². The van der Waals surface area contributed by atoms with E-state index < -0.39 is 5.97 Å². The van der Waals surface area contributed by atoms with Crippen molar-refractivity contribution in [3.05, 3.63) is 36.8 Å². The van der Waals surface area contributed by atoms with Crippen molar-refractivity contribution in [3.63, 3.8) is 0 Å². The van der Waals surface area contributed by atoms with Gasteiger partial charge in [-0.2, -0.15) is 10.2 Å². The van der Waals surface area contributed by atoms with Gasteiger partial charge in [-0.3, -0.25) is 0 Å². The molecule has 6 heteroatoms. The second-order valence-corrected chi connectivity index (χ2v) is 3.41. The summed E-state index contributed by atoms with van der Waals surface area (Å²) in [5.41, 5.74) is 1.56. The van der Waals surface area contributed by atoms with Crippen LogP contribution in [-0.2, 0) is 11.3 Å². The summed E-state index contributed by atoms with van der Waals surface area (Å²) in [6.45, 7) is 0.295. The van der Waals surface area contributed by atoms with Gasteiger partial charge in [-0.1, -0.05) is 4.68 Å². The Morgan fingerprint density at radius 1 is 1.41 bits per heavy atom. The molecule has 17 heavy (non-hydrogen) atoms. The molecular weight excluding hydrogens is 220 g/mol. The first-order valence-corrected chi connectivity index (χ1v) is 5.09. The summed E-state index contributed by atoms with van der Waals surface area (Å²) in [7, 11) is 0. The maximum absolute atomic E-state index is 10.3. The van der Waals surface area contributed by atoms with E-state index in [1.165, 1.54) is 4.68 Å². The molecule has 0 radical (unpaired) electrons. The maximum Gasteiger partial charge on any atom is 0.197 e. The van der Waals surface area contributed by atoms with E-state index in [0.29, 0.717) is 6.54 Å². The lowest BCUT2D eigenvalue weighted by molar-refractivity contribution is -0.753. The monoisotopic (exact) mass is 230 g/mol.